The van der Waals surface area contributed by atoms with Crippen LogP contribution in [-0.2, 0) is 25.7 Å². The molecule has 0 bridgehead atoms. The zero-order valence-corrected chi connectivity index (χ0v) is 23.0. The molecule has 36 heavy (non-hydrogen) atoms. The number of rotatable bonds is 6. The molecule has 0 spiro atoms. The second-order valence-corrected chi connectivity index (χ2v) is 11.0. The van der Waals surface area contributed by atoms with Gasteiger partial charge in [-0.3, -0.25) is 4.79 Å². The number of benzene rings is 2. The molecular formula is C29H32BrNO5. The van der Waals surface area contributed by atoms with E-state index in [0.29, 0.717) is 30.8 Å². The van der Waals surface area contributed by atoms with Gasteiger partial charge in [0.25, 0.3) is 0 Å². The lowest BCUT2D eigenvalue weighted by Gasteiger charge is -2.38. The lowest BCUT2D eigenvalue weighted by molar-refractivity contribution is -0.139. The van der Waals surface area contributed by atoms with E-state index in [1.165, 1.54) is 0 Å². The van der Waals surface area contributed by atoms with E-state index < -0.39 is 11.9 Å². The average molecular weight is 554 g/mol. The molecule has 6 nitrogen and oxygen atoms in total. The van der Waals surface area contributed by atoms with Gasteiger partial charge >= 0.3 is 5.97 Å². The summed E-state index contributed by atoms with van der Waals surface area (Å²) in [5.74, 6) is -0.0106. The molecule has 0 radical (unpaired) electrons. The van der Waals surface area contributed by atoms with Crippen molar-refractivity contribution in [1.82, 2.24) is 0 Å². The van der Waals surface area contributed by atoms with Crippen LogP contribution in [0, 0.1) is 19.3 Å². The van der Waals surface area contributed by atoms with Gasteiger partial charge in [-0.15, -0.1) is 0 Å². The Balaban J connectivity index is 1.83. The minimum absolute atomic E-state index is 0.00584. The van der Waals surface area contributed by atoms with E-state index in [1.54, 1.807) is 6.92 Å². The summed E-state index contributed by atoms with van der Waals surface area (Å²) in [5.41, 5.74) is 10.5. The first-order chi connectivity index (χ1) is 17.0. The highest BCUT2D eigenvalue weighted by atomic mass is 79.9. The van der Waals surface area contributed by atoms with Gasteiger partial charge in [0.05, 0.1) is 17.0 Å². The number of hydrogen-bond donors (Lipinski definition) is 1. The molecule has 0 saturated heterocycles. The molecule has 0 fully saturated rings. The second kappa shape index (κ2) is 10.1. The Morgan fingerprint density at radius 1 is 1.17 bits per heavy atom. The number of hydrogen-bond acceptors (Lipinski definition) is 6. The minimum atomic E-state index is -0.667. The zero-order chi connectivity index (χ0) is 26.2. The van der Waals surface area contributed by atoms with Crippen molar-refractivity contribution in [1.29, 1.82) is 0 Å². The van der Waals surface area contributed by atoms with Crippen molar-refractivity contribution in [3.05, 3.63) is 85.9 Å². The maximum atomic E-state index is 13.5. The number of allylic oxidation sites excluding steroid dienone is 2. The van der Waals surface area contributed by atoms with E-state index in [1.807, 2.05) is 58.0 Å². The third-order valence-electron chi connectivity index (χ3n) is 6.71. The zero-order valence-electron chi connectivity index (χ0n) is 21.4. The smallest absolute Gasteiger partial charge is 0.340 e. The number of Topliss-reactive ketones (excluding diaryl/α,β-unsaturated/α-hetero) is 1. The Morgan fingerprint density at radius 2 is 1.89 bits per heavy atom. The number of carbonyl (C=O) groups excluding carboxylic acids is 2. The Bertz CT molecular complexity index is 1290. The van der Waals surface area contributed by atoms with Crippen molar-refractivity contribution in [2.75, 3.05) is 6.61 Å². The van der Waals surface area contributed by atoms with Gasteiger partial charge in [0.2, 0.25) is 5.88 Å². The standard InChI is InChI=1S/C29H32BrNO5/c1-6-34-28(33)26-24(25-21(32)13-29(4,5)14-23(25)36-27(26)31)19-12-18(16(2)11-17(19)3)15-35-22-10-8-7-9-20(22)30/h7-12,24H,6,13-15,31H2,1-5H3. The van der Waals surface area contributed by atoms with E-state index in [4.69, 9.17) is 19.9 Å². The summed E-state index contributed by atoms with van der Waals surface area (Å²) in [7, 11) is 0. The van der Waals surface area contributed by atoms with Crippen LogP contribution in [0.15, 0.2) is 63.7 Å². The molecule has 4 rings (SSSR count). The maximum absolute atomic E-state index is 13.5. The number of ketones is 1. The molecule has 2 aromatic carbocycles. The van der Waals surface area contributed by atoms with Gasteiger partial charge in [-0.2, -0.15) is 0 Å². The summed E-state index contributed by atoms with van der Waals surface area (Å²) < 4.78 is 18.2. The molecule has 1 unspecified atom stereocenters. The van der Waals surface area contributed by atoms with Crippen molar-refractivity contribution in [2.24, 2.45) is 11.1 Å². The van der Waals surface area contributed by atoms with Crippen LogP contribution in [-0.4, -0.2) is 18.4 Å². The summed E-state index contributed by atoms with van der Waals surface area (Å²) in [6.45, 7) is 10.3. The molecule has 1 atom stereocenters. The normalized spacial score (nSPS) is 19.1. The molecule has 7 heteroatoms. The molecule has 0 saturated carbocycles. The van der Waals surface area contributed by atoms with Crippen LogP contribution in [0.2, 0.25) is 0 Å². The van der Waals surface area contributed by atoms with Gasteiger partial charge < -0.3 is 19.9 Å². The summed E-state index contributed by atoms with van der Waals surface area (Å²) in [6, 6.07) is 11.7. The van der Waals surface area contributed by atoms with Gasteiger partial charge in [0.15, 0.2) is 5.78 Å². The molecule has 2 aliphatic rings. The lowest BCUT2D eigenvalue weighted by Crippen LogP contribution is -2.36. The van der Waals surface area contributed by atoms with Crippen LogP contribution in [0.3, 0.4) is 0 Å². The molecule has 2 aromatic rings. The van der Waals surface area contributed by atoms with Crippen molar-refractivity contribution >= 4 is 27.7 Å². The van der Waals surface area contributed by atoms with Crippen molar-refractivity contribution in [3.63, 3.8) is 0 Å². The van der Waals surface area contributed by atoms with Crippen LogP contribution >= 0.6 is 15.9 Å². The predicted octanol–water partition coefficient (Wildman–Crippen LogP) is 6.14. The molecule has 0 amide bonds. The third-order valence-corrected chi connectivity index (χ3v) is 7.36. The third kappa shape index (κ3) is 5.07. The first kappa shape index (κ1) is 26.0. The highest BCUT2D eigenvalue weighted by Crippen LogP contribution is 2.49. The monoisotopic (exact) mass is 553 g/mol. The first-order valence-corrected chi connectivity index (χ1v) is 12.9. The van der Waals surface area contributed by atoms with Crippen LogP contribution < -0.4 is 10.5 Å². The molecule has 190 valence electrons. The topological polar surface area (TPSA) is 87.9 Å². The van der Waals surface area contributed by atoms with Gasteiger partial charge in [0.1, 0.15) is 23.7 Å². The SMILES string of the molecule is CCOC(=O)C1=C(N)OC2=C(C(=O)CC(C)(C)C2)C1c1cc(COc2ccccc2Br)c(C)cc1C. The molecule has 1 heterocycles. The predicted molar refractivity (Wildman–Crippen MR) is 141 cm³/mol. The number of esters is 1. The van der Waals surface area contributed by atoms with Crippen LogP contribution in [0.4, 0.5) is 0 Å². The fraction of sp³-hybridized carbons (Fsp3) is 0.379. The number of aryl methyl sites for hydroxylation is 2. The number of ether oxygens (including phenoxy) is 3. The number of para-hydroxylation sites is 1. The fourth-order valence-corrected chi connectivity index (χ4v) is 5.40. The van der Waals surface area contributed by atoms with E-state index in [0.717, 1.165) is 32.5 Å². The molecule has 1 aliphatic heterocycles. The van der Waals surface area contributed by atoms with E-state index >= 15 is 0 Å². The Hall–Kier alpha value is -3.06. The summed E-state index contributed by atoms with van der Waals surface area (Å²) in [5, 5.41) is 0. The van der Waals surface area contributed by atoms with Gasteiger partial charge in [-0.1, -0.05) is 38.1 Å². The van der Waals surface area contributed by atoms with E-state index in [2.05, 4.69) is 22.0 Å². The molecule has 2 N–H and O–H groups in total. The molecule has 0 aromatic heterocycles. The fourth-order valence-electron chi connectivity index (χ4n) is 5.00. The quantitative estimate of drug-likeness (QED) is 0.432. The number of nitrogens with two attached hydrogens (primary N) is 1. The average Bonchev–Trinajstić information content (AvgIpc) is 2.78. The lowest BCUT2D eigenvalue weighted by atomic mass is 9.69. The van der Waals surface area contributed by atoms with Crippen molar-refractivity contribution < 1.29 is 23.8 Å². The van der Waals surface area contributed by atoms with E-state index in [-0.39, 0.29) is 29.3 Å². The minimum Gasteiger partial charge on any atom is -0.488 e. The van der Waals surface area contributed by atoms with E-state index in [9.17, 15) is 9.59 Å². The summed E-state index contributed by atoms with van der Waals surface area (Å²) >= 11 is 3.52. The van der Waals surface area contributed by atoms with Gasteiger partial charge in [-0.05, 0) is 76.5 Å². The van der Waals surface area contributed by atoms with Crippen LogP contribution in [0.5, 0.6) is 5.75 Å². The highest BCUT2D eigenvalue weighted by Gasteiger charge is 2.45. The Labute approximate surface area is 220 Å². The number of halogens is 1. The number of carbonyl (C=O) groups is 2. The summed E-state index contributed by atoms with van der Waals surface area (Å²) in [6.07, 6.45) is 0.926. The van der Waals surface area contributed by atoms with Gasteiger partial charge in [-0.25, -0.2) is 4.79 Å². The first-order valence-electron chi connectivity index (χ1n) is 12.1. The van der Waals surface area contributed by atoms with Crippen LogP contribution in [0.25, 0.3) is 0 Å². The van der Waals surface area contributed by atoms with Crippen molar-refractivity contribution in [2.45, 2.75) is 60.0 Å². The Kier molecular flexibility index (Phi) is 7.32. The molecule has 1 aliphatic carbocycles. The largest absolute Gasteiger partial charge is 0.488 e. The van der Waals surface area contributed by atoms with Gasteiger partial charge in [0, 0.05) is 18.4 Å². The Morgan fingerprint density at radius 3 is 2.58 bits per heavy atom. The molecular weight excluding hydrogens is 522 g/mol. The van der Waals surface area contributed by atoms with Crippen molar-refractivity contribution in [3.8, 4) is 5.75 Å². The summed E-state index contributed by atoms with van der Waals surface area (Å²) in [4.78, 5) is 26.6. The highest BCUT2D eigenvalue weighted by molar-refractivity contribution is 9.10. The maximum Gasteiger partial charge on any atom is 0.340 e. The second-order valence-electron chi connectivity index (χ2n) is 10.2. The van der Waals surface area contributed by atoms with Crippen LogP contribution in [0.1, 0.15) is 61.8 Å².